The van der Waals surface area contributed by atoms with Gasteiger partial charge < -0.3 is 10.1 Å². The maximum atomic E-state index is 12.1. The van der Waals surface area contributed by atoms with Gasteiger partial charge in [-0.05, 0) is 50.8 Å². The van der Waals surface area contributed by atoms with E-state index in [0.717, 1.165) is 24.2 Å². The monoisotopic (exact) mass is 341 g/mol. The molecular weight excluding hydrogens is 314 g/mol. The lowest BCUT2D eigenvalue weighted by Gasteiger charge is -2.18. The Balaban J connectivity index is 2.49. The molecule has 1 amide bonds. The van der Waals surface area contributed by atoms with Crippen LogP contribution in [0.25, 0.3) is 0 Å². The zero-order valence-electron chi connectivity index (χ0n) is 14.3. The van der Waals surface area contributed by atoms with Gasteiger partial charge in [-0.15, -0.1) is 0 Å². The van der Waals surface area contributed by atoms with Crippen LogP contribution >= 0.6 is 0 Å². The molecular formula is C17H27NO4S. The standard InChI is InChI=1S/C17H27NO4S/c1-5-12-23(20,21)14(3)17(19)18-13(2)6-7-15-8-10-16(22-4)11-9-15/h8-11,13-14H,5-7,12H2,1-4H3,(H,18,19)/t13-,14+/m1/s1. The van der Waals surface area contributed by atoms with E-state index in [4.69, 9.17) is 4.74 Å². The molecule has 0 unspecified atom stereocenters. The zero-order valence-corrected chi connectivity index (χ0v) is 15.2. The van der Waals surface area contributed by atoms with Crippen LogP contribution in [-0.4, -0.2) is 38.5 Å². The number of ether oxygens (including phenoxy) is 1. The van der Waals surface area contributed by atoms with Crippen molar-refractivity contribution in [1.82, 2.24) is 5.32 Å². The van der Waals surface area contributed by atoms with Gasteiger partial charge in [0.1, 0.15) is 11.0 Å². The van der Waals surface area contributed by atoms with Crippen molar-refractivity contribution in [3.8, 4) is 5.75 Å². The van der Waals surface area contributed by atoms with Crippen LogP contribution in [0.3, 0.4) is 0 Å². The third kappa shape index (κ3) is 6.22. The SMILES string of the molecule is CCCS(=O)(=O)[C@@H](C)C(=O)N[C@H](C)CCc1ccc(OC)cc1. The van der Waals surface area contributed by atoms with E-state index in [1.807, 2.05) is 31.2 Å². The summed E-state index contributed by atoms with van der Waals surface area (Å²) in [5.41, 5.74) is 1.15. The highest BCUT2D eigenvalue weighted by atomic mass is 32.2. The number of aryl methyl sites for hydroxylation is 1. The van der Waals surface area contributed by atoms with Gasteiger partial charge in [-0.1, -0.05) is 19.1 Å². The molecule has 1 rings (SSSR count). The average molecular weight is 341 g/mol. The summed E-state index contributed by atoms with van der Waals surface area (Å²) in [5, 5.41) is 1.80. The third-order valence-electron chi connectivity index (χ3n) is 3.81. The topological polar surface area (TPSA) is 72.5 Å². The molecule has 5 nitrogen and oxygen atoms in total. The average Bonchev–Trinajstić information content (AvgIpc) is 2.52. The van der Waals surface area contributed by atoms with Crippen molar-refractivity contribution < 1.29 is 17.9 Å². The highest BCUT2D eigenvalue weighted by Crippen LogP contribution is 2.13. The van der Waals surface area contributed by atoms with Gasteiger partial charge in [0.05, 0.1) is 12.9 Å². The van der Waals surface area contributed by atoms with Crippen molar-refractivity contribution in [3.63, 3.8) is 0 Å². The molecule has 0 aliphatic carbocycles. The Morgan fingerprint density at radius 3 is 2.35 bits per heavy atom. The number of benzene rings is 1. The first-order valence-electron chi connectivity index (χ1n) is 7.95. The van der Waals surface area contributed by atoms with Crippen molar-refractivity contribution in [3.05, 3.63) is 29.8 Å². The first-order valence-corrected chi connectivity index (χ1v) is 9.66. The summed E-state index contributed by atoms with van der Waals surface area (Å²) in [5.74, 6) is 0.438. The van der Waals surface area contributed by atoms with E-state index < -0.39 is 21.0 Å². The van der Waals surface area contributed by atoms with E-state index >= 15 is 0 Å². The minimum Gasteiger partial charge on any atom is -0.497 e. The summed E-state index contributed by atoms with van der Waals surface area (Å²) in [6.45, 7) is 5.14. The summed E-state index contributed by atoms with van der Waals surface area (Å²) in [6.07, 6.45) is 2.08. The number of sulfone groups is 1. The van der Waals surface area contributed by atoms with Crippen molar-refractivity contribution in [2.45, 2.75) is 51.3 Å². The number of hydrogen-bond acceptors (Lipinski definition) is 4. The van der Waals surface area contributed by atoms with Gasteiger partial charge in [0.2, 0.25) is 5.91 Å². The Hall–Kier alpha value is -1.56. The molecule has 0 saturated carbocycles. The molecule has 0 heterocycles. The van der Waals surface area contributed by atoms with Crippen LogP contribution in [0.2, 0.25) is 0 Å². The second-order valence-electron chi connectivity index (χ2n) is 5.81. The first-order chi connectivity index (χ1) is 10.8. The third-order valence-corrected chi connectivity index (χ3v) is 6.08. The smallest absolute Gasteiger partial charge is 0.238 e. The minimum absolute atomic E-state index is 0.0435. The first kappa shape index (κ1) is 19.5. The van der Waals surface area contributed by atoms with Gasteiger partial charge in [-0.25, -0.2) is 8.42 Å². The lowest BCUT2D eigenvalue weighted by Crippen LogP contribution is -2.43. The summed E-state index contributed by atoms with van der Waals surface area (Å²) < 4.78 is 29.0. The van der Waals surface area contributed by atoms with Crippen LogP contribution in [0.15, 0.2) is 24.3 Å². The predicted molar refractivity (Wildman–Crippen MR) is 92.5 cm³/mol. The van der Waals surface area contributed by atoms with Gasteiger partial charge in [-0.2, -0.15) is 0 Å². The zero-order chi connectivity index (χ0) is 17.5. The molecule has 130 valence electrons. The predicted octanol–water partition coefficient (Wildman–Crippen LogP) is 2.35. The van der Waals surface area contributed by atoms with Crippen LogP contribution in [0, 0.1) is 0 Å². The maximum Gasteiger partial charge on any atom is 0.238 e. The number of methoxy groups -OCH3 is 1. The molecule has 1 aromatic rings. The largest absolute Gasteiger partial charge is 0.497 e. The highest BCUT2D eigenvalue weighted by molar-refractivity contribution is 7.92. The van der Waals surface area contributed by atoms with Crippen LogP contribution in [0.1, 0.15) is 39.2 Å². The van der Waals surface area contributed by atoms with E-state index in [2.05, 4.69) is 5.32 Å². The molecule has 2 atom stereocenters. The van der Waals surface area contributed by atoms with Crippen molar-refractivity contribution in [1.29, 1.82) is 0 Å². The van der Waals surface area contributed by atoms with Crippen molar-refractivity contribution in [2.24, 2.45) is 0 Å². The van der Waals surface area contributed by atoms with Crippen molar-refractivity contribution in [2.75, 3.05) is 12.9 Å². The summed E-state index contributed by atoms with van der Waals surface area (Å²) >= 11 is 0. The van der Waals surface area contributed by atoms with Gasteiger partial charge in [0, 0.05) is 6.04 Å². The second kappa shape index (κ2) is 8.91. The Labute approximate surface area is 139 Å². The van der Waals surface area contributed by atoms with E-state index in [9.17, 15) is 13.2 Å². The van der Waals surface area contributed by atoms with E-state index in [-0.39, 0.29) is 11.8 Å². The second-order valence-corrected chi connectivity index (χ2v) is 8.25. The van der Waals surface area contributed by atoms with E-state index in [1.54, 1.807) is 14.0 Å². The molecule has 0 radical (unpaired) electrons. The molecule has 0 spiro atoms. The van der Waals surface area contributed by atoms with Gasteiger partial charge in [-0.3, -0.25) is 4.79 Å². The molecule has 23 heavy (non-hydrogen) atoms. The minimum atomic E-state index is -3.36. The number of carbonyl (C=O) groups is 1. The number of amides is 1. The Kier molecular flexibility index (Phi) is 7.55. The molecule has 0 saturated heterocycles. The number of rotatable bonds is 9. The summed E-state index contributed by atoms with van der Waals surface area (Å²) in [6, 6.07) is 7.70. The molecule has 0 aliphatic heterocycles. The molecule has 0 aliphatic rings. The van der Waals surface area contributed by atoms with Gasteiger partial charge in [0.15, 0.2) is 9.84 Å². The Morgan fingerprint density at radius 1 is 1.22 bits per heavy atom. The Bertz CT molecular complexity index is 596. The summed E-state index contributed by atoms with van der Waals surface area (Å²) in [7, 11) is -1.73. The highest BCUT2D eigenvalue weighted by Gasteiger charge is 2.27. The van der Waals surface area contributed by atoms with Crippen LogP contribution in [-0.2, 0) is 21.1 Å². The number of hydrogen-bond donors (Lipinski definition) is 1. The summed E-state index contributed by atoms with van der Waals surface area (Å²) in [4.78, 5) is 12.1. The van der Waals surface area contributed by atoms with Gasteiger partial charge in [0.25, 0.3) is 0 Å². The maximum absolute atomic E-state index is 12.1. The Morgan fingerprint density at radius 2 is 1.83 bits per heavy atom. The molecule has 1 N–H and O–H groups in total. The fraction of sp³-hybridized carbons (Fsp3) is 0.588. The molecule has 0 bridgehead atoms. The van der Waals surface area contributed by atoms with E-state index in [0.29, 0.717) is 6.42 Å². The molecule has 6 heteroatoms. The van der Waals surface area contributed by atoms with Crippen molar-refractivity contribution >= 4 is 15.7 Å². The molecule has 0 fully saturated rings. The fourth-order valence-corrected chi connectivity index (χ4v) is 3.55. The molecule has 1 aromatic carbocycles. The quantitative estimate of drug-likeness (QED) is 0.748. The van der Waals surface area contributed by atoms with Crippen LogP contribution in [0.4, 0.5) is 0 Å². The lowest BCUT2D eigenvalue weighted by atomic mass is 10.1. The fourth-order valence-electron chi connectivity index (χ4n) is 2.23. The van der Waals surface area contributed by atoms with Gasteiger partial charge >= 0.3 is 0 Å². The van der Waals surface area contributed by atoms with Crippen LogP contribution < -0.4 is 10.1 Å². The van der Waals surface area contributed by atoms with E-state index in [1.165, 1.54) is 6.92 Å². The normalized spacial score (nSPS) is 14.1. The van der Waals surface area contributed by atoms with Crippen LogP contribution in [0.5, 0.6) is 5.75 Å². The molecule has 0 aromatic heterocycles. The number of nitrogens with one attached hydrogen (secondary N) is 1. The number of carbonyl (C=O) groups excluding carboxylic acids is 1. The lowest BCUT2D eigenvalue weighted by molar-refractivity contribution is -0.121.